The molecule has 0 aliphatic rings. The Balaban J connectivity index is 0. The molecule has 0 bridgehead atoms. The van der Waals surface area contributed by atoms with E-state index in [1.165, 1.54) is 0 Å². The van der Waals surface area contributed by atoms with Crippen LogP contribution in [-0.2, 0) is 37.5 Å². The zero-order valence-electron chi connectivity index (χ0n) is 6.37. The van der Waals surface area contributed by atoms with Crippen molar-refractivity contribution >= 4 is 5.97 Å². The molecular weight excluding hydrogens is 207 g/mol. The Bertz CT molecular complexity index is 108. The van der Waals surface area contributed by atoms with Crippen LogP contribution >= 0.6 is 0 Å². The number of carboxylic acids is 1. The number of rotatable bonds is 3. The van der Waals surface area contributed by atoms with Gasteiger partial charge in [-0.3, -0.25) is 4.79 Å². The third-order valence-corrected chi connectivity index (χ3v) is 1.54. The van der Waals surface area contributed by atoms with Gasteiger partial charge in [0.05, 0.1) is 0 Å². The molecule has 0 aromatic rings. The van der Waals surface area contributed by atoms with E-state index in [4.69, 9.17) is 10.8 Å². The van der Waals surface area contributed by atoms with E-state index in [9.17, 15) is 4.79 Å². The fraction of sp³-hybridized carbons (Fsp3) is 0.833. The normalized spacial score (nSPS) is 15.1. The first-order chi connectivity index (χ1) is 4.09. The third kappa shape index (κ3) is 4.37. The van der Waals surface area contributed by atoms with E-state index in [2.05, 4.69) is 0 Å². The van der Waals surface area contributed by atoms with Crippen molar-refractivity contribution in [3.8, 4) is 0 Å². The fourth-order valence-electron chi connectivity index (χ4n) is 0.497. The molecule has 0 heterocycles. The standard InChI is InChI=1S/C6H13NO2.Y/c1-3-4(2)5(7)6(8)9;/h4-5H,3,7H2,1-2H3,(H,8,9);/t4-,5-;/m0./s1. The summed E-state index contributed by atoms with van der Waals surface area (Å²) < 4.78 is 0. The van der Waals surface area contributed by atoms with Crippen LogP contribution in [0.1, 0.15) is 20.3 Å². The maximum atomic E-state index is 10.2. The van der Waals surface area contributed by atoms with E-state index < -0.39 is 12.0 Å². The molecule has 3 nitrogen and oxygen atoms in total. The van der Waals surface area contributed by atoms with Gasteiger partial charge in [0, 0.05) is 32.7 Å². The summed E-state index contributed by atoms with van der Waals surface area (Å²) in [5, 5.41) is 8.36. The maximum absolute atomic E-state index is 10.2. The second-order valence-corrected chi connectivity index (χ2v) is 2.25. The largest absolute Gasteiger partial charge is 0.480 e. The number of carbonyl (C=O) groups is 1. The van der Waals surface area contributed by atoms with Crippen LogP contribution in [0.2, 0.25) is 0 Å². The monoisotopic (exact) mass is 220 g/mol. The molecule has 0 aromatic carbocycles. The van der Waals surface area contributed by atoms with Crippen molar-refractivity contribution in [1.29, 1.82) is 0 Å². The Kier molecular flexibility index (Phi) is 8.23. The van der Waals surface area contributed by atoms with Gasteiger partial charge in [0.1, 0.15) is 6.04 Å². The molecule has 0 amide bonds. The summed E-state index contributed by atoms with van der Waals surface area (Å²) in [6, 6.07) is -0.699. The van der Waals surface area contributed by atoms with Crippen molar-refractivity contribution in [2.24, 2.45) is 11.7 Å². The van der Waals surface area contributed by atoms with Gasteiger partial charge >= 0.3 is 5.97 Å². The molecule has 4 heteroatoms. The van der Waals surface area contributed by atoms with E-state index in [1.54, 1.807) is 0 Å². The second-order valence-electron chi connectivity index (χ2n) is 2.25. The zero-order chi connectivity index (χ0) is 7.44. The van der Waals surface area contributed by atoms with Crippen molar-refractivity contribution in [3.63, 3.8) is 0 Å². The third-order valence-electron chi connectivity index (χ3n) is 1.54. The average Bonchev–Trinajstić information content (AvgIpc) is 1.84. The Hall–Kier alpha value is 0.534. The maximum Gasteiger partial charge on any atom is 0.320 e. The molecule has 0 saturated carbocycles. The Morgan fingerprint density at radius 2 is 2.10 bits per heavy atom. The van der Waals surface area contributed by atoms with E-state index in [0.29, 0.717) is 0 Å². The Morgan fingerprint density at radius 3 is 2.20 bits per heavy atom. The van der Waals surface area contributed by atoms with Gasteiger partial charge in [0.25, 0.3) is 0 Å². The number of carboxylic acid groups (broad SMARTS) is 1. The van der Waals surface area contributed by atoms with Crippen LogP contribution in [0.15, 0.2) is 0 Å². The van der Waals surface area contributed by atoms with Crippen LogP contribution in [-0.4, -0.2) is 17.1 Å². The van der Waals surface area contributed by atoms with Crippen LogP contribution in [0.5, 0.6) is 0 Å². The molecule has 0 spiro atoms. The van der Waals surface area contributed by atoms with Crippen molar-refractivity contribution in [2.75, 3.05) is 0 Å². The first kappa shape index (κ1) is 13.1. The van der Waals surface area contributed by atoms with Crippen molar-refractivity contribution in [2.45, 2.75) is 26.3 Å². The van der Waals surface area contributed by atoms with E-state index in [0.717, 1.165) is 6.42 Å². The number of hydrogen-bond donors (Lipinski definition) is 2. The van der Waals surface area contributed by atoms with Crippen molar-refractivity contribution < 1.29 is 42.6 Å². The minimum atomic E-state index is -0.913. The summed E-state index contributed by atoms with van der Waals surface area (Å²) in [7, 11) is 0. The van der Waals surface area contributed by atoms with E-state index >= 15 is 0 Å². The van der Waals surface area contributed by atoms with Gasteiger partial charge in [-0.05, 0) is 5.92 Å². The second kappa shape index (κ2) is 6.26. The molecule has 57 valence electrons. The molecule has 3 N–H and O–H groups in total. The van der Waals surface area contributed by atoms with Gasteiger partial charge in [-0.2, -0.15) is 0 Å². The molecule has 0 fully saturated rings. The van der Waals surface area contributed by atoms with Gasteiger partial charge in [0.2, 0.25) is 0 Å². The quantitative estimate of drug-likeness (QED) is 0.725. The minimum Gasteiger partial charge on any atom is -0.480 e. The van der Waals surface area contributed by atoms with Gasteiger partial charge in [-0.25, -0.2) is 0 Å². The predicted octanol–water partition coefficient (Wildman–Crippen LogP) is 0.442. The molecule has 0 rings (SSSR count). The van der Waals surface area contributed by atoms with Crippen LogP contribution in [0.25, 0.3) is 0 Å². The number of hydrogen-bond acceptors (Lipinski definition) is 2. The SMILES string of the molecule is CC[C@H](C)[C@H](N)C(=O)O.[Y]. The van der Waals surface area contributed by atoms with Gasteiger partial charge in [-0.15, -0.1) is 0 Å². The summed E-state index contributed by atoms with van der Waals surface area (Å²) in [5.74, 6) is -0.841. The minimum absolute atomic E-state index is 0. The molecule has 0 aromatic heterocycles. The average molecular weight is 220 g/mol. The van der Waals surface area contributed by atoms with Crippen molar-refractivity contribution in [3.05, 3.63) is 0 Å². The topological polar surface area (TPSA) is 63.3 Å². The number of nitrogens with two attached hydrogens (primary N) is 1. The summed E-state index contributed by atoms with van der Waals surface area (Å²) in [5.41, 5.74) is 5.27. The number of aliphatic carboxylic acids is 1. The molecule has 0 aliphatic heterocycles. The van der Waals surface area contributed by atoms with Crippen LogP contribution in [0.4, 0.5) is 0 Å². The van der Waals surface area contributed by atoms with Gasteiger partial charge in [-0.1, -0.05) is 20.3 Å². The smallest absolute Gasteiger partial charge is 0.320 e. The van der Waals surface area contributed by atoms with E-state index in [-0.39, 0.29) is 38.6 Å². The molecular formula is C6H13NO2Y. The van der Waals surface area contributed by atoms with E-state index in [1.807, 2.05) is 13.8 Å². The first-order valence-corrected chi connectivity index (χ1v) is 3.08. The van der Waals surface area contributed by atoms with Crippen molar-refractivity contribution in [1.82, 2.24) is 0 Å². The first-order valence-electron chi connectivity index (χ1n) is 3.08. The van der Waals surface area contributed by atoms with Gasteiger partial charge < -0.3 is 10.8 Å². The fourth-order valence-corrected chi connectivity index (χ4v) is 0.497. The molecule has 1 radical (unpaired) electrons. The summed E-state index contributed by atoms with van der Waals surface area (Å²) in [6.07, 6.45) is 0.813. The molecule has 10 heavy (non-hydrogen) atoms. The van der Waals surface area contributed by atoms with Gasteiger partial charge in [0.15, 0.2) is 0 Å². The Morgan fingerprint density at radius 1 is 1.70 bits per heavy atom. The summed E-state index contributed by atoms with van der Waals surface area (Å²) in [4.78, 5) is 10.2. The molecule has 2 atom stereocenters. The van der Waals surface area contributed by atoms with Crippen LogP contribution in [0, 0.1) is 5.92 Å². The summed E-state index contributed by atoms with van der Waals surface area (Å²) in [6.45, 7) is 3.76. The molecule has 0 unspecified atom stereocenters. The zero-order valence-corrected chi connectivity index (χ0v) is 9.21. The Labute approximate surface area is 86.2 Å². The van der Waals surface area contributed by atoms with Crippen LogP contribution < -0.4 is 5.73 Å². The molecule has 0 saturated heterocycles. The summed E-state index contributed by atoms with van der Waals surface area (Å²) >= 11 is 0. The predicted molar refractivity (Wildman–Crippen MR) is 35.1 cm³/mol. The van der Waals surface area contributed by atoms with Crippen LogP contribution in [0.3, 0.4) is 0 Å². The molecule has 0 aliphatic carbocycles.